The van der Waals surface area contributed by atoms with E-state index in [-0.39, 0.29) is 54.7 Å². The second kappa shape index (κ2) is 22.6. The standard InChI is InChI=1S/C51H68N2O12/c1-8-32-31-52-17-14-35-26-44(57-3)46(59-5)29-40(35)42(52)24-37(32)25-43-41-30-47(60-6)45(58-4)27-36(41)15-18-53(43)49(55)48-28-39(33-10-12-34(13-11-33)50(56)61-7)38(51(65-48)64-9-2)16-20-62-22-23-63-21-19-54/h10-13,26-30,32,37-39,42-43,51,54H,8-9,14-25,31H2,1-7H3/t32-,37+,38+,39+,42-,43+,51+/m0/s1. The molecule has 4 aliphatic rings. The lowest BCUT2D eigenvalue weighted by atomic mass is 9.72. The van der Waals surface area contributed by atoms with Crippen molar-refractivity contribution in [3.63, 3.8) is 0 Å². The first-order valence-electron chi connectivity index (χ1n) is 23.2. The minimum absolute atomic E-state index is 0.0483. The largest absolute Gasteiger partial charge is 0.493 e. The van der Waals surface area contributed by atoms with Crippen LogP contribution in [0.2, 0.25) is 0 Å². The highest BCUT2D eigenvalue weighted by Gasteiger charge is 2.45. The lowest BCUT2D eigenvalue weighted by molar-refractivity contribution is -0.173. The summed E-state index contributed by atoms with van der Waals surface area (Å²) in [7, 11) is 8.04. The molecule has 0 aromatic heterocycles. The van der Waals surface area contributed by atoms with Gasteiger partial charge in [0.2, 0.25) is 6.29 Å². The molecule has 0 aliphatic carbocycles. The van der Waals surface area contributed by atoms with Gasteiger partial charge in [-0.15, -0.1) is 0 Å². The smallest absolute Gasteiger partial charge is 0.337 e. The zero-order chi connectivity index (χ0) is 46.0. The van der Waals surface area contributed by atoms with Gasteiger partial charge in [0.05, 0.1) is 73.6 Å². The minimum atomic E-state index is -0.751. The third-order valence-corrected chi connectivity index (χ3v) is 13.9. The number of piperidine rings is 1. The maximum Gasteiger partial charge on any atom is 0.337 e. The molecule has 14 nitrogen and oxygen atoms in total. The number of methoxy groups -OCH3 is 5. The van der Waals surface area contributed by atoms with Gasteiger partial charge in [-0.1, -0.05) is 25.5 Å². The SMILES string of the molecule is CCO[C@@H]1OC(C(=O)N2CCc3cc(OC)c(OC)cc3[C@H]2C[C@H]2C[C@H]3c4cc(OC)c(OC)cc4CCN3C[C@@H]2CC)=C[C@H](c2ccc(C(=O)OC)cc2)[C@H]1CCOCCOCCO. The molecule has 1 amide bonds. The van der Waals surface area contributed by atoms with E-state index >= 15 is 4.79 Å². The molecule has 1 fully saturated rings. The van der Waals surface area contributed by atoms with Crippen LogP contribution in [0.5, 0.6) is 23.0 Å². The Labute approximate surface area is 384 Å². The van der Waals surface area contributed by atoms with E-state index in [9.17, 15) is 4.79 Å². The molecule has 1 saturated heterocycles. The summed E-state index contributed by atoms with van der Waals surface area (Å²) in [6.07, 6.45) is 6.05. The first kappa shape index (κ1) is 48.1. The Balaban J connectivity index is 1.24. The summed E-state index contributed by atoms with van der Waals surface area (Å²) in [5.74, 6) is 2.57. The van der Waals surface area contributed by atoms with Crippen LogP contribution < -0.4 is 18.9 Å². The Bertz CT molecular complexity index is 2110. The van der Waals surface area contributed by atoms with Gasteiger partial charge in [-0.25, -0.2) is 4.79 Å². The number of hydrogen-bond acceptors (Lipinski definition) is 13. The fourth-order valence-electron chi connectivity index (χ4n) is 10.6. The summed E-state index contributed by atoms with van der Waals surface area (Å²) in [5.41, 5.74) is 6.12. The molecule has 1 N–H and O–H groups in total. The number of esters is 1. The predicted molar refractivity (Wildman–Crippen MR) is 244 cm³/mol. The predicted octanol–water partition coefficient (Wildman–Crippen LogP) is 7.06. The van der Waals surface area contributed by atoms with Crippen molar-refractivity contribution < 1.29 is 57.3 Å². The molecule has 14 heteroatoms. The molecule has 0 bridgehead atoms. The highest BCUT2D eigenvalue weighted by Crippen LogP contribution is 2.50. The molecule has 7 rings (SSSR count). The molecule has 354 valence electrons. The van der Waals surface area contributed by atoms with Crippen LogP contribution in [0.15, 0.2) is 60.4 Å². The van der Waals surface area contributed by atoms with Crippen molar-refractivity contribution in [2.45, 2.75) is 76.7 Å². The van der Waals surface area contributed by atoms with Gasteiger partial charge in [0.25, 0.3) is 5.91 Å². The van der Waals surface area contributed by atoms with E-state index in [1.54, 1.807) is 40.6 Å². The molecule has 0 spiro atoms. The Morgan fingerprint density at radius 2 is 1.40 bits per heavy atom. The highest BCUT2D eigenvalue weighted by molar-refractivity contribution is 5.92. The molecule has 7 atom stereocenters. The van der Waals surface area contributed by atoms with Crippen molar-refractivity contribution >= 4 is 11.9 Å². The summed E-state index contributed by atoms with van der Waals surface area (Å²) in [6.45, 7) is 8.34. The molecule has 0 radical (unpaired) electrons. The average Bonchev–Trinajstić information content (AvgIpc) is 3.34. The van der Waals surface area contributed by atoms with Gasteiger partial charge in [-0.2, -0.15) is 0 Å². The van der Waals surface area contributed by atoms with Crippen molar-refractivity contribution in [3.8, 4) is 23.0 Å². The van der Waals surface area contributed by atoms with E-state index in [0.29, 0.717) is 68.8 Å². The number of nitrogens with zero attached hydrogens (tertiary/aromatic N) is 2. The summed E-state index contributed by atoms with van der Waals surface area (Å²) in [5, 5.41) is 9.08. The topological polar surface area (TPSA) is 144 Å². The fourth-order valence-corrected chi connectivity index (χ4v) is 10.6. The molecule has 0 unspecified atom stereocenters. The number of hydrogen-bond donors (Lipinski definition) is 1. The van der Waals surface area contributed by atoms with E-state index < -0.39 is 12.3 Å². The number of allylic oxidation sites excluding steroid dienone is 1. The van der Waals surface area contributed by atoms with Gasteiger partial charge in [0.15, 0.2) is 28.8 Å². The Morgan fingerprint density at radius 3 is 2.03 bits per heavy atom. The fraction of sp³-hybridized carbons (Fsp3) is 0.569. The van der Waals surface area contributed by atoms with Gasteiger partial charge < -0.3 is 52.6 Å². The average molecular weight is 901 g/mol. The maximum absolute atomic E-state index is 15.4. The Kier molecular flexibility index (Phi) is 16.7. The van der Waals surface area contributed by atoms with Gasteiger partial charge in [0.1, 0.15) is 0 Å². The van der Waals surface area contributed by atoms with Crippen molar-refractivity contribution in [2.24, 2.45) is 17.8 Å². The van der Waals surface area contributed by atoms with Crippen LogP contribution in [-0.2, 0) is 41.3 Å². The first-order valence-corrected chi connectivity index (χ1v) is 23.2. The summed E-state index contributed by atoms with van der Waals surface area (Å²) >= 11 is 0. The molecule has 4 aliphatic heterocycles. The Morgan fingerprint density at radius 1 is 0.769 bits per heavy atom. The van der Waals surface area contributed by atoms with Crippen LogP contribution in [0, 0.1) is 17.8 Å². The monoisotopic (exact) mass is 900 g/mol. The number of benzene rings is 3. The van der Waals surface area contributed by atoms with Crippen molar-refractivity contribution in [3.05, 3.63) is 93.7 Å². The van der Waals surface area contributed by atoms with E-state index in [1.807, 2.05) is 30.0 Å². The van der Waals surface area contributed by atoms with Crippen LogP contribution in [0.4, 0.5) is 0 Å². The second-order valence-electron chi connectivity index (χ2n) is 17.2. The number of aliphatic hydroxyl groups is 1. The molecule has 3 aromatic rings. The number of aliphatic hydroxyl groups excluding tert-OH is 1. The van der Waals surface area contributed by atoms with E-state index in [1.165, 1.54) is 18.2 Å². The summed E-state index contributed by atoms with van der Waals surface area (Å²) in [6, 6.07) is 15.7. The van der Waals surface area contributed by atoms with E-state index in [4.69, 9.17) is 47.7 Å². The molecule has 0 saturated carbocycles. The quantitative estimate of drug-likeness (QED) is 0.0914. The molecule has 65 heavy (non-hydrogen) atoms. The number of ether oxygens (including phenoxy) is 9. The number of fused-ring (bicyclic) bond motifs is 4. The number of amides is 1. The van der Waals surface area contributed by atoms with Gasteiger partial charge >= 0.3 is 5.97 Å². The minimum Gasteiger partial charge on any atom is -0.493 e. The van der Waals surface area contributed by atoms with Crippen molar-refractivity contribution in [1.82, 2.24) is 9.80 Å². The summed E-state index contributed by atoms with van der Waals surface area (Å²) in [4.78, 5) is 32.5. The second-order valence-corrected chi connectivity index (χ2v) is 17.2. The number of carbonyl (C=O) groups excluding carboxylic acids is 2. The zero-order valence-corrected chi connectivity index (χ0v) is 39.2. The third-order valence-electron chi connectivity index (χ3n) is 13.9. The van der Waals surface area contributed by atoms with Gasteiger partial charge in [-0.3, -0.25) is 9.69 Å². The Hall–Kier alpha value is -4.86. The van der Waals surface area contributed by atoms with Crippen LogP contribution in [0.3, 0.4) is 0 Å². The number of carbonyl (C=O) groups is 2. The van der Waals surface area contributed by atoms with Crippen LogP contribution in [-0.4, -0.2) is 128 Å². The highest BCUT2D eigenvalue weighted by atomic mass is 16.7. The van der Waals surface area contributed by atoms with Gasteiger partial charge in [-0.05, 0) is 121 Å². The van der Waals surface area contributed by atoms with Crippen LogP contribution in [0.1, 0.15) is 95.7 Å². The van der Waals surface area contributed by atoms with Crippen LogP contribution >= 0.6 is 0 Å². The molecular weight excluding hydrogens is 833 g/mol. The van der Waals surface area contributed by atoms with E-state index in [0.717, 1.165) is 67.0 Å². The molecular formula is C51H68N2O12. The lowest BCUT2D eigenvalue weighted by Gasteiger charge is -2.49. The maximum atomic E-state index is 15.4. The van der Waals surface area contributed by atoms with Crippen LogP contribution in [0.25, 0.3) is 0 Å². The van der Waals surface area contributed by atoms with E-state index in [2.05, 4.69) is 36.1 Å². The lowest BCUT2D eigenvalue weighted by Crippen LogP contribution is -2.48. The summed E-state index contributed by atoms with van der Waals surface area (Å²) < 4.78 is 52.6. The third kappa shape index (κ3) is 10.6. The first-order chi connectivity index (χ1) is 31.7. The molecule has 4 heterocycles. The zero-order valence-electron chi connectivity index (χ0n) is 39.2. The number of rotatable bonds is 20. The van der Waals surface area contributed by atoms with Crippen molar-refractivity contribution in [2.75, 3.05) is 94.8 Å². The molecule has 3 aromatic carbocycles. The van der Waals surface area contributed by atoms with Gasteiger partial charge in [0, 0.05) is 50.7 Å². The van der Waals surface area contributed by atoms with Crippen molar-refractivity contribution in [1.29, 1.82) is 0 Å². The normalized spacial score (nSPS) is 23.8.